The molecule has 5 nitrogen and oxygen atoms in total. The van der Waals surface area contributed by atoms with Crippen molar-refractivity contribution in [3.05, 3.63) is 96.1 Å². The average molecular weight is 371 g/mol. The summed E-state index contributed by atoms with van der Waals surface area (Å²) in [6.45, 7) is 0.154. The molecule has 0 saturated carbocycles. The minimum absolute atomic E-state index is 0.130. The first-order chi connectivity index (χ1) is 13.8. The molecule has 1 amide bonds. The summed E-state index contributed by atoms with van der Waals surface area (Å²) in [4.78, 5) is 12.2. The molecule has 140 valence electrons. The van der Waals surface area contributed by atoms with Crippen molar-refractivity contribution in [2.75, 3.05) is 11.9 Å². The molecule has 0 unspecified atom stereocenters. The molecule has 1 heterocycles. The molecule has 0 bridgehead atoms. The van der Waals surface area contributed by atoms with E-state index in [1.807, 2.05) is 84.9 Å². The van der Waals surface area contributed by atoms with Gasteiger partial charge in [0, 0.05) is 17.7 Å². The molecular formula is C23H21N3O2. The first kappa shape index (κ1) is 17.8. The van der Waals surface area contributed by atoms with E-state index in [4.69, 9.17) is 4.74 Å². The second kappa shape index (κ2) is 8.39. The highest BCUT2D eigenvalue weighted by Gasteiger charge is 2.26. The van der Waals surface area contributed by atoms with Gasteiger partial charge in [0.05, 0.1) is 12.3 Å². The number of carbonyl (C=O) groups excluding carboxylic acids is 1. The summed E-state index contributed by atoms with van der Waals surface area (Å²) in [7, 11) is 0. The fourth-order valence-electron chi connectivity index (χ4n) is 3.16. The van der Waals surface area contributed by atoms with E-state index in [1.54, 1.807) is 0 Å². The van der Waals surface area contributed by atoms with Crippen molar-refractivity contribution in [2.24, 2.45) is 5.10 Å². The van der Waals surface area contributed by atoms with Crippen LogP contribution in [0, 0.1) is 0 Å². The molecule has 5 heteroatoms. The van der Waals surface area contributed by atoms with Gasteiger partial charge in [-0.25, -0.2) is 5.43 Å². The summed E-state index contributed by atoms with van der Waals surface area (Å²) in [6.07, 6.45) is 0.460. The number of ether oxygens (including phenoxy) is 1. The molecule has 3 aromatic carbocycles. The van der Waals surface area contributed by atoms with Crippen molar-refractivity contribution >= 4 is 17.3 Å². The van der Waals surface area contributed by atoms with Gasteiger partial charge in [0.2, 0.25) is 0 Å². The van der Waals surface area contributed by atoms with E-state index >= 15 is 0 Å². The smallest absolute Gasteiger partial charge is 0.259 e. The highest BCUT2D eigenvalue weighted by molar-refractivity contribution is 6.04. The highest BCUT2D eigenvalue weighted by atomic mass is 16.5. The third-order valence-corrected chi connectivity index (χ3v) is 4.56. The molecule has 0 radical (unpaired) electrons. The van der Waals surface area contributed by atoms with Gasteiger partial charge < -0.3 is 10.1 Å². The van der Waals surface area contributed by atoms with Gasteiger partial charge in [-0.3, -0.25) is 4.79 Å². The number of rotatable bonds is 5. The monoisotopic (exact) mass is 371 g/mol. The summed E-state index contributed by atoms with van der Waals surface area (Å²) < 4.78 is 6.15. The van der Waals surface area contributed by atoms with Crippen LogP contribution >= 0.6 is 0 Å². The normalized spacial score (nSPS) is 16.7. The molecule has 0 aromatic heterocycles. The van der Waals surface area contributed by atoms with Crippen LogP contribution in [0.2, 0.25) is 0 Å². The maximum atomic E-state index is 12.2. The van der Waals surface area contributed by atoms with Crippen molar-refractivity contribution in [1.82, 2.24) is 5.43 Å². The van der Waals surface area contributed by atoms with Crippen LogP contribution < -0.4 is 15.5 Å². The maximum Gasteiger partial charge on any atom is 0.259 e. The lowest BCUT2D eigenvalue weighted by Gasteiger charge is -2.27. The van der Waals surface area contributed by atoms with Gasteiger partial charge in [0.25, 0.3) is 5.91 Å². The predicted molar refractivity (Wildman–Crippen MR) is 110 cm³/mol. The molecular weight excluding hydrogens is 350 g/mol. The minimum Gasteiger partial charge on any atom is -0.485 e. The van der Waals surface area contributed by atoms with Gasteiger partial charge in [-0.1, -0.05) is 60.7 Å². The van der Waals surface area contributed by atoms with E-state index in [2.05, 4.69) is 15.8 Å². The molecule has 2 N–H and O–H groups in total. The average Bonchev–Trinajstić information content (AvgIpc) is 2.77. The number of para-hydroxylation sites is 2. The third kappa shape index (κ3) is 4.20. The summed E-state index contributed by atoms with van der Waals surface area (Å²) >= 11 is 0. The zero-order valence-electron chi connectivity index (χ0n) is 15.3. The fraction of sp³-hybridized carbons (Fsp3) is 0.130. The lowest BCUT2D eigenvalue weighted by atomic mass is 9.96. The van der Waals surface area contributed by atoms with Gasteiger partial charge in [0.1, 0.15) is 11.9 Å². The Morgan fingerprint density at radius 1 is 0.929 bits per heavy atom. The first-order valence-corrected chi connectivity index (χ1v) is 9.25. The SMILES string of the molecule is O=C(CNc1ccccc1)N/N=C1\C[C@H](c2ccccc2)Oc2ccccc21. The standard InChI is InChI=1S/C23H21N3O2/c27-23(16-24-18-11-5-2-6-12-18)26-25-20-15-22(17-9-3-1-4-10-17)28-21-14-8-7-13-19(20)21/h1-14,22,24H,15-16H2,(H,26,27)/b25-20+/t22-/m1/s1. The van der Waals surface area contributed by atoms with Crippen molar-refractivity contribution < 1.29 is 9.53 Å². The predicted octanol–water partition coefficient (Wildman–Crippen LogP) is 4.14. The number of nitrogens with zero attached hydrogens (tertiary/aromatic N) is 1. The molecule has 4 rings (SSSR count). The summed E-state index contributed by atoms with van der Waals surface area (Å²) in [5, 5.41) is 7.49. The van der Waals surface area contributed by atoms with Crippen molar-refractivity contribution in [2.45, 2.75) is 12.5 Å². The Kier molecular flexibility index (Phi) is 5.33. The van der Waals surface area contributed by atoms with Gasteiger partial charge in [-0.2, -0.15) is 5.10 Å². The molecule has 0 fully saturated rings. The van der Waals surface area contributed by atoms with Crippen LogP contribution in [0.25, 0.3) is 0 Å². The number of amides is 1. The largest absolute Gasteiger partial charge is 0.485 e. The van der Waals surface area contributed by atoms with Crippen molar-refractivity contribution in [1.29, 1.82) is 0 Å². The Bertz CT molecular complexity index is 971. The fourth-order valence-corrected chi connectivity index (χ4v) is 3.16. The van der Waals surface area contributed by atoms with E-state index in [-0.39, 0.29) is 18.6 Å². The molecule has 0 aliphatic carbocycles. The van der Waals surface area contributed by atoms with E-state index in [9.17, 15) is 4.79 Å². The third-order valence-electron chi connectivity index (χ3n) is 4.56. The second-order valence-electron chi connectivity index (χ2n) is 6.53. The molecule has 1 aliphatic heterocycles. The summed E-state index contributed by atoms with van der Waals surface area (Å²) in [5.41, 5.74) is 6.36. The maximum absolute atomic E-state index is 12.2. The second-order valence-corrected chi connectivity index (χ2v) is 6.53. The zero-order chi connectivity index (χ0) is 19.2. The van der Waals surface area contributed by atoms with E-state index in [1.165, 1.54) is 0 Å². The van der Waals surface area contributed by atoms with E-state index < -0.39 is 0 Å². The van der Waals surface area contributed by atoms with Crippen LogP contribution in [0.3, 0.4) is 0 Å². The number of hydrogen-bond donors (Lipinski definition) is 2. The molecule has 28 heavy (non-hydrogen) atoms. The Morgan fingerprint density at radius 3 is 2.39 bits per heavy atom. The Labute approximate surface area is 164 Å². The number of benzene rings is 3. The first-order valence-electron chi connectivity index (χ1n) is 9.25. The number of hydrazone groups is 1. The quantitative estimate of drug-likeness (QED) is 0.663. The van der Waals surface area contributed by atoms with Crippen LogP contribution in [0.5, 0.6) is 5.75 Å². The van der Waals surface area contributed by atoms with Crippen LogP contribution in [0.1, 0.15) is 23.7 Å². The lowest BCUT2D eigenvalue weighted by Crippen LogP contribution is -2.29. The lowest BCUT2D eigenvalue weighted by molar-refractivity contribution is -0.119. The summed E-state index contributed by atoms with van der Waals surface area (Å²) in [6, 6.07) is 27.4. The minimum atomic E-state index is -0.198. The van der Waals surface area contributed by atoms with Gasteiger partial charge in [-0.05, 0) is 29.8 Å². The van der Waals surface area contributed by atoms with E-state index in [0.717, 1.165) is 28.3 Å². The van der Waals surface area contributed by atoms with Crippen LogP contribution in [-0.4, -0.2) is 18.2 Å². The highest BCUT2D eigenvalue weighted by Crippen LogP contribution is 2.34. The molecule has 0 saturated heterocycles. The number of hydrogen-bond acceptors (Lipinski definition) is 4. The number of carbonyl (C=O) groups is 1. The summed E-state index contributed by atoms with van der Waals surface area (Å²) in [5.74, 6) is 0.578. The van der Waals surface area contributed by atoms with Crippen molar-refractivity contribution in [3.8, 4) is 5.75 Å². The van der Waals surface area contributed by atoms with Gasteiger partial charge >= 0.3 is 0 Å². The Morgan fingerprint density at radius 2 is 1.61 bits per heavy atom. The Balaban J connectivity index is 1.48. The van der Waals surface area contributed by atoms with Crippen LogP contribution in [0.4, 0.5) is 5.69 Å². The Hall–Kier alpha value is -3.60. The van der Waals surface area contributed by atoms with Crippen LogP contribution in [0.15, 0.2) is 90.0 Å². The van der Waals surface area contributed by atoms with E-state index in [0.29, 0.717) is 6.42 Å². The van der Waals surface area contributed by atoms with Gasteiger partial charge in [0.15, 0.2) is 0 Å². The molecule has 3 aromatic rings. The molecule has 1 aliphatic rings. The number of nitrogens with one attached hydrogen (secondary N) is 2. The number of fused-ring (bicyclic) bond motifs is 1. The zero-order valence-corrected chi connectivity index (χ0v) is 15.3. The topological polar surface area (TPSA) is 62.7 Å². The number of anilines is 1. The van der Waals surface area contributed by atoms with Crippen molar-refractivity contribution in [3.63, 3.8) is 0 Å². The van der Waals surface area contributed by atoms with Gasteiger partial charge in [-0.15, -0.1) is 0 Å². The van der Waals surface area contributed by atoms with Crippen LogP contribution in [-0.2, 0) is 4.79 Å². The molecule has 0 spiro atoms. The molecule has 1 atom stereocenters.